The summed E-state index contributed by atoms with van der Waals surface area (Å²) in [5.74, 6) is -0.108. The van der Waals surface area contributed by atoms with Crippen LogP contribution in [0, 0.1) is 5.82 Å². The van der Waals surface area contributed by atoms with Gasteiger partial charge in [-0.3, -0.25) is 0 Å². The van der Waals surface area contributed by atoms with E-state index in [0.717, 1.165) is 10.4 Å². The highest BCUT2D eigenvalue weighted by molar-refractivity contribution is 9.10. The van der Waals surface area contributed by atoms with E-state index < -0.39 is 0 Å². The first-order valence-electron chi connectivity index (χ1n) is 4.72. The molecule has 0 bridgehead atoms. The van der Waals surface area contributed by atoms with E-state index >= 15 is 0 Å². The largest absolute Gasteiger partial charge is 0.484 e. The van der Waals surface area contributed by atoms with Gasteiger partial charge in [0.05, 0.1) is 11.9 Å². The van der Waals surface area contributed by atoms with E-state index in [-0.39, 0.29) is 18.2 Å². The minimum Gasteiger partial charge on any atom is -0.484 e. The fraction of sp³-hybridized carbons (Fsp3) is 0.182. The predicted molar refractivity (Wildman–Crippen MR) is 61.6 cm³/mol. The summed E-state index contributed by atoms with van der Waals surface area (Å²) < 4.78 is 21.2. The molecule has 0 amide bonds. The van der Waals surface area contributed by atoms with Crippen molar-refractivity contribution in [3.8, 4) is 5.75 Å². The lowest BCUT2D eigenvalue weighted by atomic mass is 10.3. The van der Waals surface area contributed by atoms with Crippen molar-refractivity contribution in [1.82, 2.24) is 9.55 Å². The first kappa shape index (κ1) is 11.1. The van der Waals surface area contributed by atoms with Crippen molar-refractivity contribution in [2.75, 3.05) is 0 Å². The average molecular weight is 285 g/mol. The summed E-state index contributed by atoms with van der Waals surface area (Å²) in [5.41, 5.74) is 0.870. The van der Waals surface area contributed by atoms with Crippen LogP contribution in [0.3, 0.4) is 0 Å². The van der Waals surface area contributed by atoms with Crippen LogP contribution in [0.1, 0.15) is 5.69 Å². The minimum atomic E-state index is -0.358. The molecule has 0 aliphatic carbocycles. The summed E-state index contributed by atoms with van der Waals surface area (Å²) >= 11 is 3.28. The van der Waals surface area contributed by atoms with Crippen LogP contribution in [-0.2, 0) is 13.7 Å². The molecule has 0 saturated heterocycles. The molecule has 3 nitrogen and oxygen atoms in total. The Balaban J connectivity index is 2.08. The van der Waals surface area contributed by atoms with Gasteiger partial charge in [-0.2, -0.15) is 0 Å². The number of aromatic nitrogens is 2. The van der Waals surface area contributed by atoms with Crippen LogP contribution in [0.15, 0.2) is 35.2 Å². The fourth-order valence-electron chi connectivity index (χ4n) is 1.27. The van der Waals surface area contributed by atoms with E-state index in [1.165, 1.54) is 6.07 Å². The van der Waals surface area contributed by atoms with Crippen molar-refractivity contribution >= 4 is 15.9 Å². The van der Waals surface area contributed by atoms with Gasteiger partial charge >= 0.3 is 0 Å². The van der Waals surface area contributed by atoms with Crippen molar-refractivity contribution in [2.24, 2.45) is 7.05 Å². The molecule has 0 N–H and O–H groups in total. The first-order chi connectivity index (χ1) is 7.68. The topological polar surface area (TPSA) is 27.1 Å². The third-order valence-corrected chi connectivity index (χ3v) is 2.98. The molecule has 1 heterocycles. The lowest BCUT2D eigenvalue weighted by Crippen LogP contribution is -2.02. The monoisotopic (exact) mass is 284 g/mol. The van der Waals surface area contributed by atoms with Crippen molar-refractivity contribution in [3.05, 3.63) is 46.7 Å². The molecule has 0 unspecified atom stereocenters. The second-order valence-electron chi connectivity index (χ2n) is 3.30. The first-order valence-corrected chi connectivity index (χ1v) is 5.51. The number of para-hydroxylation sites is 1. The van der Waals surface area contributed by atoms with Crippen molar-refractivity contribution < 1.29 is 9.13 Å². The molecule has 5 heteroatoms. The lowest BCUT2D eigenvalue weighted by molar-refractivity contribution is 0.282. The number of benzene rings is 1. The number of hydrogen-bond donors (Lipinski definition) is 0. The van der Waals surface area contributed by atoms with Gasteiger partial charge in [-0.1, -0.05) is 12.1 Å². The van der Waals surface area contributed by atoms with E-state index in [2.05, 4.69) is 20.9 Å². The van der Waals surface area contributed by atoms with Crippen LogP contribution in [0.5, 0.6) is 5.75 Å². The molecule has 0 fully saturated rings. The Hall–Kier alpha value is -1.36. The molecule has 84 valence electrons. The quantitative estimate of drug-likeness (QED) is 0.867. The van der Waals surface area contributed by atoms with E-state index in [1.54, 1.807) is 24.4 Å². The van der Waals surface area contributed by atoms with Crippen LogP contribution >= 0.6 is 15.9 Å². The van der Waals surface area contributed by atoms with Crippen LogP contribution < -0.4 is 4.74 Å². The highest BCUT2D eigenvalue weighted by Gasteiger charge is 2.06. The van der Waals surface area contributed by atoms with Crippen molar-refractivity contribution in [1.29, 1.82) is 0 Å². The molecule has 16 heavy (non-hydrogen) atoms. The van der Waals surface area contributed by atoms with Crippen LogP contribution in [0.25, 0.3) is 0 Å². The summed E-state index contributed by atoms with van der Waals surface area (Å²) in [5, 5.41) is 0. The van der Waals surface area contributed by atoms with Gasteiger partial charge in [0.25, 0.3) is 0 Å². The average Bonchev–Trinajstić information content (AvgIpc) is 2.59. The lowest BCUT2D eigenvalue weighted by Gasteiger charge is -2.07. The highest BCUT2D eigenvalue weighted by atomic mass is 79.9. The van der Waals surface area contributed by atoms with E-state index in [9.17, 15) is 4.39 Å². The summed E-state index contributed by atoms with van der Waals surface area (Å²) in [6.45, 7) is 0.288. The maximum atomic E-state index is 13.2. The Labute approximate surface area is 101 Å². The van der Waals surface area contributed by atoms with Gasteiger partial charge in [-0.05, 0) is 28.1 Å². The molecule has 2 aromatic rings. The Morgan fingerprint density at radius 3 is 2.81 bits per heavy atom. The number of ether oxygens (including phenoxy) is 1. The second kappa shape index (κ2) is 4.65. The van der Waals surface area contributed by atoms with Crippen LogP contribution in [0.2, 0.25) is 0 Å². The zero-order valence-electron chi connectivity index (χ0n) is 8.65. The van der Waals surface area contributed by atoms with Gasteiger partial charge in [0.15, 0.2) is 16.3 Å². The standard InChI is InChI=1S/C11H10BrFN2O/c1-15-8(6-14-11(15)12)7-16-10-5-3-2-4-9(10)13/h2-6H,7H2,1H3. The highest BCUT2D eigenvalue weighted by Crippen LogP contribution is 2.18. The van der Waals surface area contributed by atoms with Gasteiger partial charge in [0.1, 0.15) is 6.61 Å². The Morgan fingerprint density at radius 2 is 2.19 bits per heavy atom. The molecule has 2 rings (SSSR count). The molecule has 0 spiro atoms. The van der Waals surface area contributed by atoms with Gasteiger partial charge in [-0.25, -0.2) is 9.37 Å². The Morgan fingerprint density at radius 1 is 1.44 bits per heavy atom. The SMILES string of the molecule is Cn1c(COc2ccccc2F)cnc1Br. The predicted octanol–water partition coefficient (Wildman–Crippen LogP) is 2.90. The van der Waals surface area contributed by atoms with Crippen molar-refractivity contribution in [3.63, 3.8) is 0 Å². The van der Waals surface area contributed by atoms with Crippen LogP contribution in [0.4, 0.5) is 4.39 Å². The molecular formula is C11H10BrFN2O. The zero-order valence-corrected chi connectivity index (χ0v) is 10.2. The molecule has 1 aromatic carbocycles. The van der Waals surface area contributed by atoms with E-state index in [1.807, 2.05) is 11.6 Å². The van der Waals surface area contributed by atoms with Gasteiger partial charge in [0.2, 0.25) is 0 Å². The second-order valence-corrected chi connectivity index (χ2v) is 4.01. The molecule has 0 aliphatic rings. The van der Waals surface area contributed by atoms with Crippen LogP contribution in [-0.4, -0.2) is 9.55 Å². The minimum absolute atomic E-state index is 0.250. The van der Waals surface area contributed by atoms with E-state index in [4.69, 9.17) is 4.74 Å². The summed E-state index contributed by atoms with van der Waals surface area (Å²) in [6.07, 6.45) is 1.69. The third kappa shape index (κ3) is 2.24. The number of rotatable bonds is 3. The molecule has 0 saturated carbocycles. The summed E-state index contributed by atoms with van der Waals surface area (Å²) in [4.78, 5) is 4.06. The molecule has 1 aromatic heterocycles. The fourth-order valence-corrected chi connectivity index (χ4v) is 1.60. The number of hydrogen-bond acceptors (Lipinski definition) is 2. The summed E-state index contributed by atoms with van der Waals surface area (Å²) in [6, 6.07) is 6.33. The third-order valence-electron chi connectivity index (χ3n) is 2.24. The summed E-state index contributed by atoms with van der Waals surface area (Å²) in [7, 11) is 1.86. The normalized spacial score (nSPS) is 10.4. The Bertz CT molecular complexity index is 498. The smallest absolute Gasteiger partial charge is 0.177 e. The Kier molecular flexibility index (Phi) is 3.24. The van der Waals surface area contributed by atoms with Gasteiger partial charge < -0.3 is 9.30 Å². The molecular weight excluding hydrogens is 275 g/mol. The van der Waals surface area contributed by atoms with Crippen molar-refractivity contribution in [2.45, 2.75) is 6.61 Å². The van der Waals surface area contributed by atoms with Gasteiger partial charge in [-0.15, -0.1) is 0 Å². The maximum Gasteiger partial charge on any atom is 0.177 e. The zero-order chi connectivity index (χ0) is 11.5. The van der Waals surface area contributed by atoms with Gasteiger partial charge in [0, 0.05) is 7.05 Å². The molecule has 0 aliphatic heterocycles. The molecule has 0 radical (unpaired) electrons. The number of imidazole rings is 1. The number of nitrogens with zero attached hydrogens (tertiary/aromatic N) is 2. The van der Waals surface area contributed by atoms with E-state index in [0.29, 0.717) is 0 Å². The molecule has 0 atom stereocenters. The number of halogens is 2. The maximum absolute atomic E-state index is 13.2.